The molecule has 0 radical (unpaired) electrons. The van der Waals surface area contributed by atoms with E-state index >= 15 is 0 Å². The number of carbonyl (C=O) groups is 1. The van der Waals surface area contributed by atoms with Gasteiger partial charge in [-0.2, -0.15) is 0 Å². The molecule has 2 rings (SSSR count). The third kappa shape index (κ3) is 7.78. The number of hydrogen-bond acceptors (Lipinski definition) is 4. The fourth-order valence-corrected chi connectivity index (χ4v) is 4.60. The smallest absolute Gasteiger partial charge is 0.251 e. The van der Waals surface area contributed by atoms with Gasteiger partial charge in [-0.05, 0) is 31.0 Å². The molecule has 26 heavy (non-hydrogen) atoms. The number of carbonyl (C=O) groups excluding carboxylic acids is 1. The summed E-state index contributed by atoms with van der Waals surface area (Å²) in [5.74, 6) is 0.847. The van der Waals surface area contributed by atoms with Crippen molar-refractivity contribution in [1.82, 2.24) is 16.0 Å². The maximum absolute atomic E-state index is 12.0. The van der Waals surface area contributed by atoms with Gasteiger partial charge in [-0.1, -0.05) is 22.0 Å². The van der Waals surface area contributed by atoms with Gasteiger partial charge >= 0.3 is 0 Å². The average Bonchev–Trinajstić information content (AvgIpc) is 2.91. The fraction of sp³-hybridized carbons (Fsp3) is 0.500. The summed E-state index contributed by atoms with van der Waals surface area (Å²) in [6.07, 6.45) is 1.33. The molecule has 1 amide bonds. The van der Waals surface area contributed by atoms with Crippen molar-refractivity contribution in [2.45, 2.75) is 18.9 Å². The number of rotatable bonds is 6. The quantitative estimate of drug-likeness (QED) is 0.213. The molecular formula is C16H24BrIN4O3S. The first-order chi connectivity index (χ1) is 11.9. The van der Waals surface area contributed by atoms with Gasteiger partial charge in [-0.25, -0.2) is 8.42 Å². The molecule has 1 heterocycles. The third-order valence-corrected chi connectivity index (χ3v) is 6.08. The van der Waals surface area contributed by atoms with Crippen molar-refractivity contribution >= 4 is 61.6 Å². The lowest BCUT2D eigenvalue weighted by Crippen LogP contribution is -2.44. The number of aliphatic imine (C=N–C) groups is 1. The Labute approximate surface area is 179 Å². The summed E-state index contributed by atoms with van der Waals surface area (Å²) in [5.41, 5.74) is 0.613. The Morgan fingerprint density at radius 2 is 2.04 bits per heavy atom. The van der Waals surface area contributed by atoms with Crippen molar-refractivity contribution in [3.63, 3.8) is 0 Å². The van der Waals surface area contributed by atoms with Crippen molar-refractivity contribution in [3.8, 4) is 0 Å². The number of sulfone groups is 1. The van der Waals surface area contributed by atoms with Crippen molar-refractivity contribution in [2.75, 3.05) is 31.6 Å². The Morgan fingerprint density at radius 1 is 1.31 bits per heavy atom. The number of halogens is 2. The molecule has 0 saturated carbocycles. The van der Waals surface area contributed by atoms with Crippen LogP contribution in [0.15, 0.2) is 33.7 Å². The zero-order valence-corrected chi connectivity index (χ0v) is 19.2. The normalized spacial score (nSPS) is 18.7. The molecule has 146 valence electrons. The van der Waals surface area contributed by atoms with Crippen LogP contribution in [0.1, 0.15) is 23.2 Å². The van der Waals surface area contributed by atoms with Crippen LogP contribution in [-0.4, -0.2) is 58.0 Å². The molecule has 1 aromatic carbocycles. The van der Waals surface area contributed by atoms with Gasteiger partial charge in [0.25, 0.3) is 5.91 Å². The molecule has 1 aliphatic heterocycles. The van der Waals surface area contributed by atoms with E-state index in [-0.39, 0.29) is 47.4 Å². The van der Waals surface area contributed by atoms with E-state index in [9.17, 15) is 13.2 Å². The molecule has 7 nitrogen and oxygen atoms in total. The van der Waals surface area contributed by atoms with E-state index < -0.39 is 9.84 Å². The summed E-state index contributed by atoms with van der Waals surface area (Å²) in [6, 6.07) is 7.13. The maximum atomic E-state index is 12.0. The lowest BCUT2D eigenvalue weighted by Gasteiger charge is -2.16. The van der Waals surface area contributed by atoms with E-state index in [1.54, 1.807) is 19.2 Å². The van der Waals surface area contributed by atoms with Crippen LogP contribution in [0.5, 0.6) is 0 Å². The summed E-state index contributed by atoms with van der Waals surface area (Å²) in [7, 11) is -1.27. The van der Waals surface area contributed by atoms with Crippen LogP contribution in [-0.2, 0) is 9.84 Å². The van der Waals surface area contributed by atoms with Gasteiger partial charge in [0.1, 0.15) is 0 Å². The fourth-order valence-electron chi connectivity index (χ4n) is 2.53. The predicted octanol–water partition coefficient (Wildman–Crippen LogP) is 1.54. The molecule has 10 heteroatoms. The first kappa shape index (κ1) is 23.2. The Hall–Kier alpha value is -0.880. The molecule has 1 aliphatic rings. The Morgan fingerprint density at radius 3 is 2.65 bits per heavy atom. The van der Waals surface area contributed by atoms with Gasteiger partial charge in [0.2, 0.25) is 0 Å². The summed E-state index contributed by atoms with van der Waals surface area (Å²) >= 11 is 3.34. The van der Waals surface area contributed by atoms with E-state index in [2.05, 4.69) is 36.9 Å². The Balaban J connectivity index is 0.00000338. The SMILES string of the molecule is CN=C(NCCCNC(=O)c1cccc(Br)c1)NC1CCS(=O)(=O)C1.I. The minimum Gasteiger partial charge on any atom is -0.356 e. The van der Waals surface area contributed by atoms with Crippen LogP contribution in [0.4, 0.5) is 0 Å². The summed E-state index contributed by atoms with van der Waals surface area (Å²) in [5, 5.41) is 9.11. The second-order valence-electron chi connectivity index (χ2n) is 5.86. The largest absolute Gasteiger partial charge is 0.356 e. The number of nitrogens with zero attached hydrogens (tertiary/aromatic N) is 1. The zero-order valence-electron chi connectivity index (χ0n) is 14.5. The van der Waals surface area contributed by atoms with Crippen molar-refractivity contribution in [3.05, 3.63) is 34.3 Å². The number of guanidine groups is 1. The van der Waals surface area contributed by atoms with E-state index in [0.717, 1.165) is 10.9 Å². The lowest BCUT2D eigenvalue weighted by molar-refractivity contribution is 0.0953. The first-order valence-corrected chi connectivity index (χ1v) is 10.7. The summed E-state index contributed by atoms with van der Waals surface area (Å²) in [4.78, 5) is 16.1. The number of hydrogen-bond donors (Lipinski definition) is 3. The van der Waals surface area contributed by atoms with Gasteiger partial charge in [-0.15, -0.1) is 24.0 Å². The minimum absolute atomic E-state index is 0. The third-order valence-electron chi connectivity index (χ3n) is 3.82. The highest BCUT2D eigenvalue weighted by Crippen LogP contribution is 2.12. The standard InChI is InChI=1S/C16H23BrN4O3S.HI/c1-18-16(21-14-6-9-25(23,24)11-14)20-8-3-7-19-15(22)12-4-2-5-13(17)10-12;/h2,4-5,10,14H,3,6-9,11H2,1H3,(H,19,22)(H2,18,20,21);1H. The molecule has 0 aromatic heterocycles. The Bertz CT molecular complexity index is 743. The molecule has 1 aromatic rings. The minimum atomic E-state index is -2.91. The summed E-state index contributed by atoms with van der Waals surface area (Å²) in [6.45, 7) is 1.16. The average molecular weight is 559 g/mol. The molecule has 3 N–H and O–H groups in total. The molecule has 0 spiro atoms. The highest BCUT2D eigenvalue weighted by molar-refractivity contribution is 14.0. The first-order valence-electron chi connectivity index (χ1n) is 8.11. The van der Waals surface area contributed by atoms with Gasteiger partial charge in [0.05, 0.1) is 11.5 Å². The summed E-state index contributed by atoms with van der Waals surface area (Å²) < 4.78 is 23.8. The van der Waals surface area contributed by atoms with E-state index in [1.807, 2.05) is 12.1 Å². The second kappa shape index (κ2) is 11.1. The molecule has 1 saturated heterocycles. The zero-order chi connectivity index (χ0) is 18.3. The molecule has 0 aliphatic carbocycles. The van der Waals surface area contributed by atoms with Crippen molar-refractivity contribution in [2.24, 2.45) is 4.99 Å². The monoisotopic (exact) mass is 558 g/mol. The van der Waals surface area contributed by atoms with Crippen LogP contribution >= 0.6 is 39.9 Å². The molecule has 1 unspecified atom stereocenters. The van der Waals surface area contributed by atoms with Crippen LogP contribution < -0.4 is 16.0 Å². The lowest BCUT2D eigenvalue weighted by atomic mass is 10.2. The number of benzene rings is 1. The van der Waals surface area contributed by atoms with E-state index in [1.165, 1.54) is 0 Å². The maximum Gasteiger partial charge on any atom is 0.251 e. The molecular weight excluding hydrogens is 535 g/mol. The van der Waals surface area contributed by atoms with E-state index in [4.69, 9.17) is 0 Å². The number of nitrogens with one attached hydrogen (secondary N) is 3. The van der Waals surface area contributed by atoms with E-state index in [0.29, 0.717) is 31.0 Å². The number of amides is 1. The van der Waals surface area contributed by atoms with Crippen LogP contribution in [0, 0.1) is 0 Å². The second-order valence-corrected chi connectivity index (χ2v) is 9.01. The van der Waals surface area contributed by atoms with Gasteiger partial charge in [-0.3, -0.25) is 9.79 Å². The van der Waals surface area contributed by atoms with Crippen molar-refractivity contribution < 1.29 is 13.2 Å². The Kier molecular flexibility index (Phi) is 9.86. The van der Waals surface area contributed by atoms with Crippen LogP contribution in [0.25, 0.3) is 0 Å². The highest BCUT2D eigenvalue weighted by atomic mass is 127. The van der Waals surface area contributed by atoms with Gasteiger partial charge < -0.3 is 16.0 Å². The van der Waals surface area contributed by atoms with Gasteiger partial charge in [0, 0.05) is 36.2 Å². The molecule has 0 bridgehead atoms. The molecule has 1 atom stereocenters. The predicted molar refractivity (Wildman–Crippen MR) is 118 cm³/mol. The van der Waals surface area contributed by atoms with Crippen LogP contribution in [0.2, 0.25) is 0 Å². The molecule has 1 fully saturated rings. The van der Waals surface area contributed by atoms with Crippen molar-refractivity contribution in [1.29, 1.82) is 0 Å². The van der Waals surface area contributed by atoms with Gasteiger partial charge in [0.15, 0.2) is 15.8 Å². The highest BCUT2D eigenvalue weighted by Gasteiger charge is 2.28. The topological polar surface area (TPSA) is 99.7 Å². The van der Waals surface area contributed by atoms with Crippen LogP contribution in [0.3, 0.4) is 0 Å².